The smallest absolute Gasteiger partial charge is 0.134 e. The van der Waals surface area contributed by atoms with E-state index in [4.69, 9.17) is 13.9 Å². The zero-order valence-electron chi connectivity index (χ0n) is 13.6. The maximum absolute atomic E-state index is 10.1. The van der Waals surface area contributed by atoms with Crippen LogP contribution in [0.15, 0.2) is 34.7 Å². The first-order chi connectivity index (χ1) is 11.2. The van der Waals surface area contributed by atoms with E-state index in [0.717, 1.165) is 42.8 Å². The van der Waals surface area contributed by atoms with E-state index < -0.39 is 6.10 Å². The van der Waals surface area contributed by atoms with Gasteiger partial charge in [-0.3, -0.25) is 4.90 Å². The topological polar surface area (TPSA) is 55.1 Å². The molecule has 0 saturated carbocycles. The van der Waals surface area contributed by atoms with E-state index in [9.17, 15) is 5.11 Å². The number of ether oxygens (including phenoxy) is 2. The Hall–Kier alpha value is -1.40. The third kappa shape index (κ3) is 4.78. The second-order valence-electron chi connectivity index (χ2n) is 6.25. The summed E-state index contributed by atoms with van der Waals surface area (Å²) >= 11 is 0. The van der Waals surface area contributed by atoms with Gasteiger partial charge in [-0.1, -0.05) is 18.2 Å². The van der Waals surface area contributed by atoms with Gasteiger partial charge in [-0.15, -0.1) is 0 Å². The molecule has 126 valence electrons. The number of nitrogens with zero attached hydrogens (tertiary/aromatic N) is 1. The number of rotatable bonds is 7. The first kappa shape index (κ1) is 16.5. The van der Waals surface area contributed by atoms with Crippen LogP contribution in [0.25, 0.3) is 11.0 Å². The molecule has 2 heterocycles. The summed E-state index contributed by atoms with van der Waals surface area (Å²) in [5, 5.41) is 11.2. The molecule has 1 saturated heterocycles. The second-order valence-corrected chi connectivity index (χ2v) is 6.25. The van der Waals surface area contributed by atoms with Gasteiger partial charge in [0.05, 0.1) is 25.4 Å². The van der Waals surface area contributed by atoms with Crippen molar-refractivity contribution in [2.75, 3.05) is 33.4 Å². The van der Waals surface area contributed by atoms with Crippen LogP contribution in [0.2, 0.25) is 0 Å². The first-order valence-electron chi connectivity index (χ1n) is 8.24. The highest BCUT2D eigenvalue weighted by atomic mass is 16.5. The Morgan fingerprint density at radius 1 is 1.30 bits per heavy atom. The Morgan fingerprint density at radius 3 is 2.87 bits per heavy atom. The SMILES string of the molecule is CN(Cc1cc2ccccc2o1)CC(O)COC1CCOCC1. The highest BCUT2D eigenvalue weighted by Gasteiger charge is 2.17. The predicted molar refractivity (Wildman–Crippen MR) is 88.3 cm³/mol. The zero-order chi connectivity index (χ0) is 16.1. The lowest BCUT2D eigenvalue weighted by atomic mass is 10.1. The largest absolute Gasteiger partial charge is 0.460 e. The molecule has 0 radical (unpaired) electrons. The van der Waals surface area contributed by atoms with Crippen LogP contribution < -0.4 is 0 Å². The van der Waals surface area contributed by atoms with Gasteiger partial charge in [-0.05, 0) is 32.0 Å². The van der Waals surface area contributed by atoms with Crippen LogP contribution >= 0.6 is 0 Å². The Labute approximate surface area is 136 Å². The van der Waals surface area contributed by atoms with Crippen molar-refractivity contribution in [3.63, 3.8) is 0 Å². The molecule has 0 bridgehead atoms. The number of benzene rings is 1. The molecule has 0 amide bonds. The van der Waals surface area contributed by atoms with Crippen LogP contribution in [0.3, 0.4) is 0 Å². The number of furan rings is 1. The number of fused-ring (bicyclic) bond motifs is 1. The fourth-order valence-electron chi connectivity index (χ4n) is 2.95. The van der Waals surface area contributed by atoms with Crippen LogP contribution in [0.4, 0.5) is 0 Å². The van der Waals surface area contributed by atoms with Gasteiger partial charge in [-0.2, -0.15) is 0 Å². The average molecular weight is 319 g/mol. The highest BCUT2D eigenvalue weighted by Crippen LogP contribution is 2.19. The summed E-state index contributed by atoms with van der Waals surface area (Å²) in [6.45, 7) is 3.11. The summed E-state index contributed by atoms with van der Waals surface area (Å²) in [6.07, 6.45) is 1.56. The Kier molecular flexibility index (Phi) is 5.67. The molecular weight excluding hydrogens is 294 g/mol. The van der Waals surface area contributed by atoms with E-state index in [1.54, 1.807) is 0 Å². The van der Waals surface area contributed by atoms with E-state index in [0.29, 0.717) is 19.7 Å². The molecule has 1 N–H and O–H groups in total. The average Bonchev–Trinajstić information content (AvgIpc) is 2.96. The molecule has 1 aromatic carbocycles. The summed E-state index contributed by atoms with van der Waals surface area (Å²) in [5.41, 5.74) is 0.902. The van der Waals surface area contributed by atoms with E-state index in [1.165, 1.54) is 0 Å². The minimum absolute atomic E-state index is 0.221. The fourth-order valence-corrected chi connectivity index (χ4v) is 2.95. The molecule has 0 aliphatic carbocycles. The normalized spacial score (nSPS) is 17.9. The van der Waals surface area contributed by atoms with E-state index in [-0.39, 0.29) is 6.10 Å². The molecule has 5 nitrogen and oxygen atoms in total. The van der Waals surface area contributed by atoms with Crippen LogP contribution in [0.1, 0.15) is 18.6 Å². The van der Waals surface area contributed by atoms with Crippen LogP contribution in [-0.4, -0.2) is 55.6 Å². The van der Waals surface area contributed by atoms with Gasteiger partial charge in [0, 0.05) is 25.1 Å². The quantitative estimate of drug-likeness (QED) is 0.849. The summed E-state index contributed by atoms with van der Waals surface area (Å²) in [4.78, 5) is 2.05. The Bertz CT molecular complexity index is 573. The van der Waals surface area contributed by atoms with Crippen molar-refractivity contribution in [3.8, 4) is 0 Å². The third-order valence-electron chi connectivity index (χ3n) is 4.12. The molecule has 0 spiro atoms. The van der Waals surface area contributed by atoms with Gasteiger partial charge in [0.15, 0.2) is 0 Å². The van der Waals surface area contributed by atoms with E-state index in [1.807, 2.05) is 31.3 Å². The number of likely N-dealkylation sites (N-methyl/N-ethyl adjacent to an activating group) is 1. The molecule has 5 heteroatoms. The van der Waals surface area contributed by atoms with Gasteiger partial charge >= 0.3 is 0 Å². The van der Waals surface area contributed by atoms with Gasteiger partial charge < -0.3 is 19.0 Å². The first-order valence-corrected chi connectivity index (χ1v) is 8.24. The number of aliphatic hydroxyl groups is 1. The van der Waals surface area contributed by atoms with Crippen molar-refractivity contribution in [3.05, 3.63) is 36.1 Å². The van der Waals surface area contributed by atoms with Crippen LogP contribution in [0, 0.1) is 0 Å². The van der Waals surface area contributed by atoms with Crippen molar-refractivity contribution in [1.82, 2.24) is 4.90 Å². The summed E-state index contributed by atoms with van der Waals surface area (Å²) < 4.78 is 16.9. The lowest BCUT2D eigenvalue weighted by Crippen LogP contribution is -2.34. The van der Waals surface area contributed by atoms with Crippen molar-refractivity contribution in [2.24, 2.45) is 0 Å². The fraction of sp³-hybridized carbons (Fsp3) is 0.556. The number of hydrogen-bond acceptors (Lipinski definition) is 5. The summed E-state index contributed by atoms with van der Waals surface area (Å²) in [6, 6.07) is 10.0. The number of aliphatic hydroxyl groups excluding tert-OH is 1. The molecule has 1 aliphatic rings. The van der Waals surface area contributed by atoms with Crippen LogP contribution in [0.5, 0.6) is 0 Å². The standard InChI is InChI=1S/C18H25NO4/c1-19(11-15(20)13-22-16-6-8-21-9-7-16)12-17-10-14-4-2-3-5-18(14)23-17/h2-5,10,15-16,20H,6-9,11-13H2,1H3. The van der Waals surface area contributed by atoms with Crippen LogP contribution in [-0.2, 0) is 16.0 Å². The summed E-state index contributed by atoms with van der Waals surface area (Å²) in [5.74, 6) is 0.909. The molecular formula is C18H25NO4. The molecule has 1 atom stereocenters. The Morgan fingerprint density at radius 2 is 2.09 bits per heavy atom. The lowest BCUT2D eigenvalue weighted by Gasteiger charge is -2.25. The molecule has 3 rings (SSSR count). The molecule has 1 aliphatic heterocycles. The van der Waals surface area contributed by atoms with Gasteiger partial charge in [0.1, 0.15) is 11.3 Å². The highest BCUT2D eigenvalue weighted by molar-refractivity contribution is 5.77. The lowest BCUT2D eigenvalue weighted by molar-refractivity contribution is -0.0635. The van der Waals surface area contributed by atoms with Crippen molar-refractivity contribution in [1.29, 1.82) is 0 Å². The Balaban J connectivity index is 1.43. The predicted octanol–water partition coefficient (Wildman–Crippen LogP) is 2.42. The third-order valence-corrected chi connectivity index (χ3v) is 4.12. The van der Waals surface area contributed by atoms with E-state index >= 15 is 0 Å². The van der Waals surface area contributed by atoms with Crippen molar-refractivity contribution < 1.29 is 19.0 Å². The van der Waals surface area contributed by atoms with Crippen molar-refractivity contribution >= 4 is 11.0 Å². The molecule has 1 fully saturated rings. The van der Waals surface area contributed by atoms with Gasteiger partial charge in [0.25, 0.3) is 0 Å². The summed E-state index contributed by atoms with van der Waals surface area (Å²) in [7, 11) is 1.98. The van der Waals surface area contributed by atoms with Gasteiger partial charge in [0.2, 0.25) is 0 Å². The molecule has 1 aromatic heterocycles. The molecule has 1 unspecified atom stereocenters. The van der Waals surface area contributed by atoms with E-state index in [2.05, 4.69) is 11.0 Å². The number of hydrogen-bond donors (Lipinski definition) is 1. The minimum atomic E-state index is -0.493. The second kappa shape index (κ2) is 7.93. The molecule has 23 heavy (non-hydrogen) atoms. The maximum Gasteiger partial charge on any atom is 0.134 e. The zero-order valence-corrected chi connectivity index (χ0v) is 13.6. The minimum Gasteiger partial charge on any atom is -0.460 e. The number of para-hydroxylation sites is 1. The monoisotopic (exact) mass is 319 g/mol. The molecule has 2 aromatic rings. The maximum atomic E-state index is 10.1. The van der Waals surface area contributed by atoms with Crippen molar-refractivity contribution in [2.45, 2.75) is 31.6 Å². The van der Waals surface area contributed by atoms with Gasteiger partial charge in [-0.25, -0.2) is 0 Å².